The number of benzene rings is 2. The van der Waals surface area contributed by atoms with Gasteiger partial charge in [0.1, 0.15) is 11.6 Å². The molecule has 0 bridgehead atoms. The lowest BCUT2D eigenvalue weighted by molar-refractivity contribution is -0.141. The highest BCUT2D eigenvalue weighted by atomic mass is 35.5. The molecule has 4 rings (SSSR count). The van der Waals surface area contributed by atoms with Crippen LogP contribution in [-0.4, -0.2) is 34.8 Å². The molecule has 31 heavy (non-hydrogen) atoms. The maximum atomic E-state index is 14.8. The number of rotatable bonds is 4. The predicted molar refractivity (Wildman–Crippen MR) is 116 cm³/mol. The van der Waals surface area contributed by atoms with Gasteiger partial charge in [-0.05, 0) is 31.0 Å². The molecule has 2 aromatic rings. The van der Waals surface area contributed by atoms with Crippen LogP contribution < -0.4 is 4.74 Å². The smallest absolute Gasteiger partial charge is 0.295 e. The lowest BCUT2D eigenvalue weighted by Crippen LogP contribution is -2.38. The maximum Gasteiger partial charge on any atom is 0.295 e. The van der Waals surface area contributed by atoms with E-state index in [4.69, 9.17) is 27.9 Å². The van der Waals surface area contributed by atoms with E-state index in [-0.39, 0.29) is 38.5 Å². The number of likely N-dealkylation sites (tertiary alicyclic amines) is 1. The first kappa shape index (κ1) is 21.7. The largest absolute Gasteiger partial charge is 0.507 e. The van der Waals surface area contributed by atoms with Gasteiger partial charge in [0.2, 0.25) is 0 Å². The normalized spacial score (nSPS) is 21.2. The van der Waals surface area contributed by atoms with Gasteiger partial charge in [-0.25, -0.2) is 4.39 Å². The molecule has 1 unspecified atom stereocenters. The highest BCUT2D eigenvalue weighted by Gasteiger charge is 2.50. The van der Waals surface area contributed by atoms with Gasteiger partial charge in [0.15, 0.2) is 5.75 Å². The van der Waals surface area contributed by atoms with Crippen LogP contribution in [-0.2, 0) is 9.59 Å². The first-order chi connectivity index (χ1) is 14.8. The Labute approximate surface area is 189 Å². The van der Waals surface area contributed by atoms with Crippen LogP contribution in [0, 0.1) is 5.82 Å². The number of nitrogens with zero attached hydrogens (tertiary/aromatic N) is 1. The molecule has 1 aliphatic carbocycles. The zero-order valence-corrected chi connectivity index (χ0v) is 18.2. The van der Waals surface area contributed by atoms with E-state index in [0.717, 1.165) is 25.7 Å². The van der Waals surface area contributed by atoms with E-state index in [1.54, 1.807) is 6.07 Å². The fraction of sp³-hybridized carbons (Fsp3) is 0.304. The van der Waals surface area contributed by atoms with E-state index in [2.05, 4.69) is 0 Å². The molecule has 0 radical (unpaired) electrons. The van der Waals surface area contributed by atoms with Gasteiger partial charge in [-0.1, -0.05) is 54.2 Å². The van der Waals surface area contributed by atoms with Gasteiger partial charge in [0, 0.05) is 17.2 Å². The standard InChI is InChI=1S/C23H20Cl2FNO4/c1-31-22-15(24)10-12(11-16(22)25)20(28)18-19(14-8-4-5-9-17(14)26)27(23(30)21(18)29)13-6-2-3-7-13/h4-5,8-11,13,19,28H,2-3,6-7H2,1H3/b20-18+. The van der Waals surface area contributed by atoms with Crippen molar-refractivity contribution in [3.05, 3.63) is 69.0 Å². The van der Waals surface area contributed by atoms with Crippen LogP contribution in [0.4, 0.5) is 4.39 Å². The lowest BCUT2D eigenvalue weighted by atomic mass is 9.94. The minimum absolute atomic E-state index is 0.129. The van der Waals surface area contributed by atoms with Crippen molar-refractivity contribution in [2.75, 3.05) is 7.11 Å². The number of ether oxygens (including phenoxy) is 1. The molecule has 1 amide bonds. The van der Waals surface area contributed by atoms with E-state index in [1.165, 1.54) is 42.3 Å². The second-order valence-corrected chi connectivity index (χ2v) is 8.45. The van der Waals surface area contributed by atoms with E-state index in [0.29, 0.717) is 0 Å². The number of aliphatic hydroxyl groups is 1. The molecule has 1 saturated carbocycles. The molecule has 2 aromatic carbocycles. The summed E-state index contributed by atoms with van der Waals surface area (Å²) >= 11 is 12.4. The van der Waals surface area contributed by atoms with Crippen LogP contribution in [0.25, 0.3) is 5.76 Å². The minimum Gasteiger partial charge on any atom is -0.507 e. The van der Waals surface area contributed by atoms with Crippen LogP contribution in [0.1, 0.15) is 42.9 Å². The molecular formula is C23H20Cl2FNO4. The number of hydrogen-bond donors (Lipinski definition) is 1. The summed E-state index contributed by atoms with van der Waals surface area (Å²) in [6.45, 7) is 0. The van der Waals surface area contributed by atoms with Crippen molar-refractivity contribution in [3.8, 4) is 5.75 Å². The molecule has 0 spiro atoms. The number of halogens is 3. The van der Waals surface area contributed by atoms with Gasteiger partial charge in [-0.3, -0.25) is 9.59 Å². The van der Waals surface area contributed by atoms with Crippen molar-refractivity contribution >= 4 is 40.7 Å². The topological polar surface area (TPSA) is 66.8 Å². The zero-order valence-electron chi connectivity index (χ0n) is 16.7. The van der Waals surface area contributed by atoms with Gasteiger partial charge < -0.3 is 14.7 Å². The lowest BCUT2D eigenvalue weighted by Gasteiger charge is -2.31. The summed E-state index contributed by atoms with van der Waals surface area (Å²) in [5, 5.41) is 11.4. The Morgan fingerprint density at radius 1 is 1.13 bits per heavy atom. The number of Topliss-reactive ketones (excluding diaryl/α,β-unsaturated/α-hetero) is 1. The Morgan fingerprint density at radius 2 is 1.74 bits per heavy atom. The van der Waals surface area contributed by atoms with Gasteiger partial charge in [0.25, 0.3) is 11.7 Å². The van der Waals surface area contributed by atoms with E-state index in [9.17, 15) is 19.1 Å². The van der Waals surface area contributed by atoms with Gasteiger partial charge in [0.05, 0.1) is 28.8 Å². The van der Waals surface area contributed by atoms with Crippen molar-refractivity contribution in [1.82, 2.24) is 4.90 Å². The summed E-state index contributed by atoms with van der Waals surface area (Å²) in [6, 6.07) is 7.50. The number of methoxy groups -OCH3 is 1. The SMILES string of the molecule is COc1c(Cl)cc(/C(O)=C2\C(=O)C(=O)N(C3CCCC3)C2c2ccccc2F)cc1Cl. The molecule has 1 atom stereocenters. The summed E-state index contributed by atoms with van der Waals surface area (Å²) in [7, 11) is 1.40. The van der Waals surface area contributed by atoms with Gasteiger partial charge in [-0.15, -0.1) is 0 Å². The van der Waals surface area contributed by atoms with Gasteiger partial charge in [-0.2, -0.15) is 0 Å². The molecule has 1 heterocycles. The molecule has 0 aromatic heterocycles. The second-order valence-electron chi connectivity index (χ2n) is 7.64. The predicted octanol–water partition coefficient (Wildman–Crippen LogP) is 5.51. The highest BCUT2D eigenvalue weighted by Crippen LogP contribution is 2.45. The van der Waals surface area contributed by atoms with Crippen molar-refractivity contribution in [3.63, 3.8) is 0 Å². The monoisotopic (exact) mass is 463 g/mol. The average molecular weight is 464 g/mol. The third-order valence-electron chi connectivity index (χ3n) is 5.87. The number of amides is 1. The van der Waals surface area contributed by atoms with E-state index in [1.807, 2.05) is 0 Å². The van der Waals surface area contributed by atoms with E-state index >= 15 is 0 Å². The van der Waals surface area contributed by atoms with Crippen LogP contribution in [0.3, 0.4) is 0 Å². The van der Waals surface area contributed by atoms with E-state index < -0.39 is 29.3 Å². The molecule has 2 aliphatic rings. The number of carbonyl (C=O) groups is 2. The van der Waals surface area contributed by atoms with Crippen LogP contribution in [0.15, 0.2) is 42.0 Å². The third kappa shape index (κ3) is 3.68. The Hall–Kier alpha value is -2.57. The summed E-state index contributed by atoms with van der Waals surface area (Å²) in [4.78, 5) is 27.5. The molecule has 5 nitrogen and oxygen atoms in total. The summed E-state index contributed by atoms with van der Waals surface area (Å²) in [6.07, 6.45) is 3.28. The number of hydrogen-bond acceptors (Lipinski definition) is 4. The first-order valence-electron chi connectivity index (χ1n) is 9.93. The summed E-state index contributed by atoms with van der Waals surface area (Å²) in [5.41, 5.74) is 0.113. The van der Waals surface area contributed by atoms with Crippen LogP contribution in [0.5, 0.6) is 5.75 Å². The molecule has 162 valence electrons. The molecule has 1 N–H and O–H groups in total. The molecular weight excluding hydrogens is 444 g/mol. The summed E-state index contributed by atoms with van der Waals surface area (Å²) in [5.74, 6) is -2.40. The summed E-state index contributed by atoms with van der Waals surface area (Å²) < 4.78 is 19.9. The minimum atomic E-state index is -1.04. The number of ketones is 1. The zero-order chi connectivity index (χ0) is 22.3. The quantitative estimate of drug-likeness (QED) is 0.369. The fourth-order valence-electron chi connectivity index (χ4n) is 4.46. The third-order valence-corrected chi connectivity index (χ3v) is 6.44. The Morgan fingerprint density at radius 3 is 2.32 bits per heavy atom. The molecule has 1 saturated heterocycles. The van der Waals surface area contributed by atoms with Crippen molar-refractivity contribution in [2.24, 2.45) is 0 Å². The maximum absolute atomic E-state index is 14.8. The fourth-order valence-corrected chi connectivity index (χ4v) is 5.10. The average Bonchev–Trinajstić information content (AvgIpc) is 3.35. The molecule has 2 fully saturated rings. The van der Waals surface area contributed by atoms with Crippen molar-refractivity contribution in [2.45, 2.75) is 37.8 Å². The highest BCUT2D eigenvalue weighted by molar-refractivity contribution is 6.47. The van der Waals surface area contributed by atoms with Crippen LogP contribution in [0.2, 0.25) is 10.0 Å². The molecule has 1 aliphatic heterocycles. The number of carbonyl (C=O) groups excluding carboxylic acids is 2. The van der Waals surface area contributed by atoms with Gasteiger partial charge >= 0.3 is 0 Å². The Bertz CT molecular complexity index is 1070. The van der Waals surface area contributed by atoms with Crippen molar-refractivity contribution in [1.29, 1.82) is 0 Å². The Balaban J connectivity index is 1.93. The number of aliphatic hydroxyl groups excluding tert-OH is 1. The second kappa shape index (κ2) is 8.52. The van der Waals surface area contributed by atoms with Crippen molar-refractivity contribution < 1.29 is 23.8 Å². The first-order valence-corrected chi connectivity index (χ1v) is 10.7. The molecule has 8 heteroatoms. The Kier molecular flexibility index (Phi) is 5.95. The van der Waals surface area contributed by atoms with Crippen LogP contribution >= 0.6 is 23.2 Å².